The zero-order valence-corrected chi connectivity index (χ0v) is 9.97. The van der Waals surface area contributed by atoms with Crippen LogP contribution in [0.2, 0.25) is 0 Å². The van der Waals surface area contributed by atoms with Gasteiger partial charge in [0.2, 0.25) is 0 Å². The monoisotopic (exact) mass is 197 g/mol. The van der Waals surface area contributed by atoms with Gasteiger partial charge in [0.05, 0.1) is 11.5 Å². The summed E-state index contributed by atoms with van der Waals surface area (Å²) in [6, 6.07) is 2.31. The minimum absolute atomic E-state index is 0.169. The highest BCUT2D eigenvalue weighted by atomic mass is 16.5. The summed E-state index contributed by atoms with van der Waals surface area (Å²) in [5.74, 6) is 0.616. The third-order valence-corrected chi connectivity index (χ3v) is 2.09. The first kappa shape index (κ1) is 13.4. The van der Waals surface area contributed by atoms with Crippen LogP contribution >= 0.6 is 0 Å². The van der Waals surface area contributed by atoms with Crippen LogP contribution in [0.15, 0.2) is 0 Å². The lowest BCUT2D eigenvalue weighted by Gasteiger charge is -2.14. The van der Waals surface area contributed by atoms with Crippen LogP contribution in [-0.2, 0) is 4.74 Å². The lowest BCUT2D eigenvalue weighted by molar-refractivity contribution is 0.105. The van der Waals surface area contributed by atoms with E-state index >= 15 is 0 Å². The normalized spacial score (nSPS) is 11.7. The molecule has 82 valence electrons. The number of unbranched alkanes of at least 4 members (excludes halogenated alkanes) is 1. The van der Waals surface area contributed by atoms with Crippen molar-refractivity contribution in [1.82, 2.24) is 0 Å². The molecule has 0 aliphatic carbocycles. The second-order valence-corrected chi connectivity index (χ2v) is 4.92. The summed E-state index contributed by atoms with van der Waals surface area (Å²) in [6.07, 6.45) is 3.12. The molecule has 0 N–H and O–H groups in total. The van der Waals surface area contributed by atoms with E-state index in [-0.39, 0.29) is 5.41 Å². The maximum Gasteiger partial charge on any atom is 0.0683 e. The summed E-state index contributed by atoms with van der Waals surface area (Å²) in [4.78, 5) is 0. The molecular formula is C12H23NO. The van der Waals surface area contributed by atoms with Crippen molar-refractivity contribution in [3.8, 4) is 6.07 Å². The van der Waals surface area contributed by atoms with E-state index in [2.05, 4.69) is 19.9 Å². The minimum Gasteiger partial charge on any atom is -0.381 e. The molecule has 2 heteroatoms. The number of nitrogens with zero attached hydrogens (tertiary/aromatic N) is 1. The number of nitriles is 1. The smallest absolute Gasteiger partial charge is 0.0683 e. The molecule has 0 rings (SSSR count). The molecule has 0 spiro atoms. The Balaban J connectivity index is 3.27. The molecule has 0 amide bonds. The third-order valence-electron chi connectivity index (χ3n) is 2.09. The quantitative estimate of drug-likeness (QED) is 0.586. The van der Waals surface area contributed by atoms with Gasteiger partial charge in [0.1, 0.15) is 0 Å². The average molecular weight is 197 g/mol. The van der Waals surface area contributed by atoms with Crippen LogP contribution in [0.1, 0.15) is 47.0 Å². The van der Waals surface area contributed by atoms with Gasteiger partial charge in [0, 0.05) is 13.2 Å². The molecule has 0 heterocycles. The van der Waals surface area contributed by atoms with E-state index in [1.807, 2.05) is 13.8 Å². The van der Waals surface area contributed by atoms with E-state index in [9.17, 15) is 0 Å². The van der Waals surface area contributed by atoms with Gasteiger partial charge in [0.15, 0.2) is 0 Å². The second-order valence-electron chi connectivity index (χ2n) is 4.92. The number of ether oxygens (including phenoxy) is 1. The molecule has 0 aliphatic heterocycles. The molecule has 0 atom stereocenters. The summed E-state index contributed by atoms with van der Waals surface area (Å²) in [5.41, 5.74) is -0.169. The van der Waals surface area contributed by atoms with Gasteiger partial charge in [-0.15, -0.1) is 0 Å². The maximum absolute atomic E-state index is 8.79. The highest BCUT2D eigenvalue weighted by molar-refractivity contribution is 4.91. The predicted molar refractivity (Wildman–Crippen MR) is 58.9 cm³/mol. The first-order valence-electron chi connectivity index (χ1n) is 5.47. The fraction of sp³-hybridized carbons (Fsp3) is 0.917. The lowest BCUT2D eigenvalue weighted by atomic mass is 9.89. The predicted octanol–water partition coefficient (Wildman–Crippen LogP) is 3.38. The highest BCUT2D eigenvalue weighted by Gasteiger charge is 2.15. The van der Waals surface area contributed by atoms with Crippen LogP contribution in [-0.4, -0.2) is 13.2 Å². The Kier molecular flexibility index (Phi) is 6.57. The van der Waals surface area contributed by atoms with Crippen molar-refractivity contribution in [3.63, 3.8) is 0 Å². The topological polar surface area (TPSA) is 33.0 Å². The van der Waals surface area contributed by atoms with Crippen LogP contribution in [0.4, 0.5) is 0 Å². The molecule has 14 heavy (non-hydrogen) atoms. The molecule has 0 aromatic rings. The van der Waals surface area contributed by atoms with Gasteiger partial charge < -0.3 is 4.74 Å². The Labute approximate surface area is 88.3 Å². The molecule has 2 nitrogen and oxygen atoms in total. The first-order valence-corrected chi connectivity index (χ1v) is 5.47. The Morgan fingerprint density at radius 3 is 2.43 bits per heavy atom. The Bertz CT molecular complexity index is 179. The van der Waals surface area contributed by atoms with E-state index in [1.165, 1.54) is 0 Å². The summed E-state index contributed by atoms with van der Waals surface area (Å²) in [5, 5.41) is 8.79. The standard InChI is InChI=1S/C12H23NO/c1-11(2)9-14-8-6-5-7-12(3,4)10-13/h11H,5-9H2,1-4H3. The van der Waals surface area contributed by atoms with Crippen LogP contribution in [0, 0.1) is 22.7 Å². The molecule has 0 aliphatic rings. The molecule has 0 radical (unpaired) electrons. The van der Waals surface area contributed by atoms with Gasteiger partial charge in [0.25, 0.3) is 0 Å². The fourth-order valence-corrected chi connectivity index (χ4v) is 1.15. The van der Waals surface area contributed by atoms with E-state index < -0.39 is 0 Å². The molecule has 0 saturated heterocycles. The zero-order chi connectivity index (χ0) is 11.0. The van der Waals surface area contributed by atoms with Crippen molar-refractivity contribution in [1.29, 1.82) is 5.26 Å². The van der Waals surface area contributed by atoms with Gasteiger partial charge >= 0.3 is 0 Å². The van der Waals surface area contributed by atoms with Crippen molar-refractivity contribution >= 4 is 0 Å². The summed E-state index contributed by atoms with van der Waals surface area (Å²) in [7, 11) is 0. The van der Waals surface area contributed by atoms with Gasteiger partial charge in [-0.1, -0.05) is 13.8 Å². The lowest BCUT2D eigenvalue weighted by Crippen LogP contribution is -2.08. The van der Waals surface area contributed by atoms with Crippen molar-refractivity contribution in [2.75, 3.05) is 13.2 Å². The Morgan fingerprint density at radius 2 is 1.93 bits per heavy atom. The maximum atomic E-state index is 8.79. The van der Waals surface area contributed by atoms with Crippen molar-refractivity contribution in [3.05, 3.63) is 0 Å². The molecule has 0 saturated carbocycles. The summed E-state index contributed by atoms with van der Waals surface area (Å²) < 4.78 is 5.46. The summed E-state index contributed by atoms with van der Waals surface area (Å²) in [6.45, 7) is 9.96. The number of hydrogen-bond acceptors (Lipinski definition) is 2. The Hall–Kier alpha value is -0.550. The molecular weight excluding hydrogens is 174 g/mol. The summed E-state index contributed by atoms with van der Waals surface area (Å²) >= 11 is 0. The van der Waals surface area contributed by atoms with E-state index in [4.69, 9.17) is 10.00 Å². The third kappa shape index (κ3) is 8.07. The SMILES string of the molecule is CC(C)COCCCCC(C)(C)C#N. The van der Waals surface area contributed by atoms with Crippen molar-refractivity contribution in [2.24, 2.45) is 11.3 Å². The highest BCUT2D eigenvalue weighted by Crippen LogP contribution is 2.21. The molecule has 0 aromatic carbocycles. The van der Waals surface area contributed by atoms with Gasteiger partial charge in [-0.05, 0) is 39.0 Å². The molecule has 0 unspecified atom stereocenters. The Morgan fingerprint density at radius 1 is 1.29 bits per heavy atom. The van der Waals surface area contributed by atoms with Crippen molar-refractivity contribution < 1.29 is 4.74 Å². The molecule has 0 aromatic heterocycles. The van der Waals surface area contributed by atoms with Crippen LogP contribution in [0.5, 0.6) is 0 Å². The molecule has 0 fully saturated rings. The minimum atomic E-state index is -0.169. The van der Waals surface area contributed by atoms with Gasteiger partial charge in [-0.3, -0.25) is 0 Å². The van der Waals surface area contributed by atoms with Crippen LogP contribution < -0.4 is 0 Å². The molecule has 0 bridgehead atoms. The average Bonchev–Trinajstić information content (AvgIpc) is 2.10. The van der Waals surface area contributed by atoms with Gasteiger partial charge in [-0.25, -0.2) is 0 Å². The largest absolute Gasteiger partial charge is 0.381 e. The van der Waals surface area contributed by atoms with E-state index in [0.717, 1.165) is 32.5 Å². The number of rotatable bonds is 7. The zero-order valence-electron chi connectivity index (χ0n) is 9.97. The fourth-order valence-electron chi connectivity index (χ4n) is 1.15. The van der Waals surface area contributed by atoms with E-state index in [0.29, 0.717) is 5.92 Å². The van der Waals surface area contributed by atoms with Gasteiger partial charge in [-0.2, -0.15) is 5.26 Å². The van der Waals surface area contributed by atoms with Crippen LogP contribution in [0.25, 0.3) is 0 Å². The number of hydrogen-bond donors (Lipinski definition) is 0. The van der Waals surface area contributed by atoms with Crippen molar-refractivity contribution in [2.45, 2.75) is 47.0 Å². The van der Waals surface area contributed by atoms with Crippen LogP contribution in [0.3, 0.4) is 0 Å². The second kappa shape index (κ2) is 6.84. The first-order chi connectivity index (χ1) is 6.48. The van der Waals surface area contributed by atoms with E-state index in [1.54, 1.807) is 0 Å².